The number of carbonyl (C=O) groups is 3. The van der Waals surface area contributed by atoms with Gasteiger partial charge in [0.25, 0.3) is 5.91 Å². The van der Waals surface area contributed by atoms with Gasteiger partial charge in [0, 0.05) is 17.8 Å². The van der Waals surface area contributed by atoms with E-state index in [1.54, 1.807) is 5.38 Å². The number of hydrogen-bond donors (Lipinski definition) is 2. The highest BCUT2D eigenvalue weighted by molar-refractivity contribution is 7.09. The fraction of sp³-hybridized carbons (Fsp3) is 0.308. The van der Waals surface area contributed by atoms with Crippen molar-refractivity contribution in [3.63, 3.8) is 0 Å². The summed E-state index contributed by atoms with van der Waals surface area (Å²) < 4.78 is 5.53. The van der Waals surface area contributed by atoms with E-state index in [9.17, 15) is 14.4 Å². The molecule has 2 aromatic carbocycles. The number of rotatable bonds is 9. The SMILES string of the molecule is O=C(O)CN(CC1CC1)C(=O)c1csc(CNC(=O)OCC2c3ccccc3-c3ccccc32)n1. The number of nitrogens with one attached hydrogen (secondary N) is 1. The minimum atomic E-state index is -1.05. The van der Waals surface area contributed by atoms with Gasteiger partial charge in [0.1, 0.15) is 23.9 Å². The molecule has 3 aromatic rings. The molecule has 1 fully saturated rings. The van der Waals surface area contributed by atoms with E-state index in [-0.39, 0.29) is 31.3 Å². The summed E-state index contributed by atoms with van der Waals surface area (Å²) in [6.45, 7) is 0.416. The summed E-state index contributed by atoms with van der Waals surface area (Å²) >= 11 is 1.24. The van der Waals surface area contributed by atoms with Crippen LogP contribution < -0.4 is 5.32 Å². The maximum atomic E-state index is 12.7. The van der Waals surface area contributed by atoms with Gasteiger partial charge < -0.3 is 20.1 Å². The second kappa shape index (κ2) is 9.87. The van der Waals surface area contributed by atoms with Crippen molar-refractivity contribution in [2.24, 2.45) is 5.92 Å². The molecule has 2 N–H and O–H groups in total. The summed E-state index contributed by atoms with van der Waals surface area (Å²) in [6, 6.07) is 16.3. The third-order valence-corrected chi connectivity index (χ3v) is 7.14. The quantitative estimate of drug-likeness (QED) is 0.466. The highest BCUT2D eigenvalue weighted by Crippen LogP contribution is 2.44. The number of amides is 2. The van der Waals surface area contributed by atoms with Crippen molar-refractivity contribution in [2.75, 3.05) is 19.7 Å². The highest BCUT2D eigenvalue weighted by Gasteiger charge is 2.30. The van der Waals surface area contributed by atoms with Gasteiger partial charge in [0.05, 0.1) is 6.54 Å². The molecule has 1 heterocycles. The Kier molecular flexibility index (Phi) is 6.50. The molecule has 1 aromatic heterocycles. The van der Waals surface area contributed by atoms with Gasteiger partial charge in [-0.15, -0.1) is 11.3 Å². The molecule has 0 atom stereocenters. The van der Waals surface area contributed by atoms with Gasteiger partial charge in [0.15, 0.2) is 0 Å². The molecule has 9 heteroatoms. The van der Waals surface area contributed by atoms with E-state index in [0.717, 1.165) is 35.1 Å². The number of fused-ring (bicyclic) bond motifs is 3. The number of ether oxygens (including phenoxy) is 1. The first kappa shape index (κ1) is 23.0. The van der Waals surface area contributed by atoms with Crippen molar-refractivity contribution in [2.45, 2.75) is 25.3 Å². The molecule has 180 valence electrons. The minimum absolute atomic E-state index is 0.0241. The van der Waals surface area contributed by atoms with E-state index in [4.69, 9.17) is 9.84 Å². The number of carboxylic acid groups (broad SMARTS) is 1. The van der Waals surface area contributed by atoms with E-state index < -0.39 is 18.0 Å². The van der Waals surface area contributed by atoms with Crippen LogP contribution in [-0.4, -0.2) is 52.7 Å². The number of alkyl carbamates (subject to hydrolysis) is 1. The molecule has 0 radical (unpaired) electrons. The van der Waals surface area contributed by atoms with Gasteiger partial charge in [-0.25, -0.2) is 9.78 Å². The van der Waals surface area contributed by atoms with E-state index in [1.165, 1.54) is 16.2 Å². The minimum Gasteiger partial charge on any atom is -0.480 e. The maximum absolute atomic E-state index is 12.7. The van der Waals surface area contributed by atoms with Crippen LogP contribution in [0.1, 0.15) is 45.4 Å². The van der Waals surface area contributed by atoms with Crippen LogP contribution in [0.3, 0.4) is 0 Å². The van der Waals surface area contributed by atoms with Crippen LogP contribution in [0.15, 0.2) is 53.9 Å². The summed E-state index contributed by atoms with van der Waals surface area (Å²) in [4.78, 5) is 41.9. The van der Waals surface area contributed by atoms with Crippen molar-refractivity contribution < 1.29 is 24.2 Å². The fourth-order valence-electron chi connectivity index (χ4n) is 4.44. The van der Waals surface area contributed by atoms with Crippen LogP contribution in [0.4, 0.5) is 4.79 Å². The molecule has 2 aliphatic carbocycles. The molecule has 0 aliphatic heterocycles. The second-order valence-electron chi connectivity index (χ2n) is 8.83. The van der Waals surface area contributed by atoms with Crippen LogP contribution in [0.5, 0.6) is 0 Å². The number of aromatic nitrogens is 1. The Hall–Kier alpha value is -3.72. The van der Waals surface area contributed by atoms with Crippen molar-refractivity contribution in [3.8, 4) is 11.1 Å². The van der Waals surface area contributed by atoms with Gasteiger partial charge in [-0.1, -0.05) is 48.5 Å². The first-order chi connectivity index (χ1) is 17.0. The van der Waals surface area contributed by atoms with Crippen molar-refractivity contribution in [1.29, 1.82) is 0 Å². The number of benzene rings is 2. The molecule has 2 aliphatic rings. The fourth-order valence-corrected chi connectivity index (χ4v) is 5.15. The van der Waals surface area contributed by atoms with Gasteiger partial charge in [0.2, 0.25) is 0 Å². The molecule has 35 heavy (non-hydrogen) atoms. The Morgan fingerprint density at radius 1 is 1.06 bits per heavy atom. The largest absolute Gasteiger partial charge is 0.480 e. The van der Waals surface area contributed by atoms with Crippen LogP contribution >= 0.6 is 11.3 Å². The van der Waals surface area contributed by atoms with Crippen molar-refractivity contribution in [3.05, 3.63) is 75.7 Å². The summed E-state index contributed by atoms with van der Waals surface area (Å²) in [5.74, 6) is -1.11. The Morgan fingerprint density at radius 3 is 2.34 bits per heavy atom. The monoisotopic (exact) mass is 491 g/mol. The van der Waals surface area contributed by atoms with Crippen molar-refractivity contribution >= 4 is 29.3 Å². The first-order valence-electron chi connectivity index (χ1n) is 11.5. The number of aliphatic carboxylic acids is 1. The van der Waals surface area contributed by atoms with Gasteiger partial charge in [-0.2, -0.15) is 0 Å². The van der Waals surface area contributed by atoms with Crippen LogP contribution in [0.2, 0.25) is 0 Å². The Balaban J connectivity index is 1.16. The smallest absolute Gasteiger partial charge is 0.407 e. The molecule has 0 saturated heterocycles. The molecule has 0 unspecified atom stereocenters. The van der Waals surface area contributed by atoms with E-state index in [1.807, 2.05) is 24.3 Å². The Bertz CT molecular complexity index is 1220. The van der Waals surface area contributed by atoms with Gasteiger partial charge in [-0.05, 0) is 41.0 Å². The highest BCUT2D eigenvalue weighted by atomic mass is 32.1. The molecule has 1 saturated carbocycles. The van der Waals surface area contributed by atoms with E-state index in [0.29, 0.717) is 17.5 Å². The maximum Gasteiger partial charge on any atom is 0.407 e. The Labute approximate surface area is 206 Å². The van der Waals surface area contributed by atoms with Crippen LogP contribution in [0.25, 0.3) is 11.1 Å². The normalized spacial score (nSPS) is 14.2. The third kappa shape index (κ3) is 5.19. The average molecular weight is 492 g/mol. The molecular formula is C26H25N3O5S. The lowest BCUT2D eigenvalue weighted by Crippen LogP contribution is -2.37. The molecular weight excluding hydrogens is 466 g/mol. The summed E-state index contributed by atoms with van der Waals surface area (Å²) in [5.41, 5.74) is 4.80. The standard InChI is InChI=1S/C26H25N3O5S/c30-24(31)13-29(12-16-9-10-16)25(32)22-15-35-23(28-22)11-27-26(33)34-14-21-19-7-3-1-5-17(19)18-6-2-4-8-20(18)21/h1-8,15-16,21H,9-14H2,(H,27,33)(H,30,31). The predicted octanol–water partition coefficient (Wildman–Crippen LogP) is 4.12. The molecule has 8 nitrogen and oxygen atoms in total. The lowest BCUT2D eigenvalue weighted by molar-refractivity contribution is -0.137. The van der Waals surface area contributed by atoms with E-state index >= 15 is 0 Å². The number of thiazole rings is 1. The zero-order chi connectivity index (χ0) is 24.4. The average Bonchev–Trinajstić information content (AvgIpc) is 3.45. The lowest BCUT2D eigenvalue weighted by atomic mass is 9.98. The molecule has 0 bridgehead atoms. The molecule has 2 amide bonds. The van der Waals surface area contributed by atoms with Gasteiger partial charge >= 0.3 is 12.1 Å². The number of carboxylic acids is 1. The Morgan fingerprint density at radius 2 is 1.71 bits per heavy atom. The first-order valence-corrected chi connectivity index (χ1v) is 12.4. The van der Waals surface area contributed by atoms with Gasteiger partial charge in [-0.3, -0.25) is 9.59 Å². The second-order valence-corrected chi connectivity index (χ2v) is 9.77. The number of nitrogens with zero attached hydrogens (tertiary/aromatic N) is 2. The summed E-state index contributed by atoms with van der Waals surface area (Å²) in [5, 5.41) is 14.0. The van der Waals surface area contributed by atoms with Crippen LogP contribution in [0, 0.1) is 5.92 Å². The number of hydrogen-bond acceptors (Lipinski definition) is 6. The number of carbonyl (C=O) groups excluding carboxylic acids is 2. The summed E-state index contributed by atoms with van der Waals surface area (Å²) in [7, 11) is 0. The summed E-state index contributed by atoms with van der Waals surface area (Å²) in [6.07, 6.45) is 1.46. The zero-order valence-electron chi connectivity index (χ0n) is 19.0. The van der Waals surface area contributed by atoms with E-state index in [2.05, 4.69) is 34.6 Å². The third-order valence-electron chi connectivity index (χ3n) is 6.29. The van der Waals surface area contributed by atoms with Crippen LogP contribution in [-0.2, 0) is 16.1 Å². The van der Waals surface area contributed by atoms with Crippen molar-refractivity contribution in [1.82, 2.24) is 15.2 Å². The predicted molar refractivity (Wildman–Crippen MR) is 130 cm³/mol. The molecule has 0 spiro atoms. The zero-order valence-corrected chi connectivity index (χ0v) is 19.8. The topological polar surface area (TPSA) is 109 Å². The molecule has 5 rings (SSSR count). The lowest BCUT2D eigenvalue weighted by Gasteiger charge is -2.19.